The topological polar surface area (TPSA) is 67.8 Å². The van der Waals surface area contributed by atoms with Crippen molar-refractivity contribution < 1.29 is 4.79 Å². The van der Waals surface area contributed by atoms with Gasteiger partial charge in [-0.2, -0.15) is 0 Å². The zero-order chi connectivity index (χ0) is 13.1. The maximum absolute atomic E-state index is 12.1. The molecule has 3 aromatic rings. The molecule has 0 fully saturated rings. The number of anilines is 1. The fourth-order valence-electron chi connectivity index (χ4n) is 1.77. The Balaban J connectivity index is 1.89. The molecule has 0 aliphatic heterocycles. The van der Waals surface area contributed by atoms with Crippen molar-refractivity contribution in [3.63, 3.8) is 0 Å². The largest absolute Gasteiger partial charge is 0.305 e. The summed E-state index contributed by atoms with van der Waals surface area (Å²) in [7, 11) is 0. The van der Waals surface area contributed by atoms with Crippen LogP contribution in [0.5, 0.6) is 0 Å². The number of nitrogens with one attached hydrogen (secondary N) is 1. The fourth-order valence-corrected chi connectivity index (χ4v) is 1.77. The van der Waals surface area contributed by atoms with E-state index < -0.39 is 0 Å². The molecule has 0 aliphatic rings. The van der Waals surface area contributed by atoms with Crippen LogP contribution in [0.4, 0.5) is 5.82 Å². The monoisotopic (exact) mass is 250 g/mol. The van der Waals surface area contributed by atoms with Crippen molar-refractivity contribution in [3.05, 3.63) is 60.7 Å². The third kappa shape index (κ3) is 2.40. The van der Waals surface area contributed by atoms with Crippen molar-refractivity contribution in [1.82, 2.24) is 15.0 Å². The van der Waals surface area contributed by atoms with Crippen molar-refractivity contribution in [2.24, 2.45) is 0 Å². The summed E-state index contributed by atoms with van der Waals surface area (Å²) in [5.41, 5.74) is 1.42. The van der Waals surface area contributed by atoms with E-state index in [0.29, 0.717) is 11.4 Å². The lowest BCUT2D eigenvalue weighted by Crippen LogP contribution is -2.12. The Hall–Kier alpha value is -2.82. The molecule has 0 radical (unpaired) electrons. The SMILES string of the molecule is O=C(Nc1cnccn1)c1ccc2ncccc2c1. The number of aromatic nitrogens is 3. The van der Waals surface area contributed by atoms with Gasteiger partial charge >= 0.3 is 0 Å². The number of benzene rings is 1. The van der Waals surface area contributed by atoms with E-state index in [-0.39, 0.29) is 5.91 Å². The Labute approximate surface area is 109 Å². The van der Waals surface area contributed by atoms with Crippen LogP contribution in [0.25, 0.3) is 10.9 Å². The van der Waals surface area contributed by atoms with Gasteiger partial charge in [-0.25, -0.2) is 4.98 Å². The quantitative estimate of drug-likeness (QED) is 0.757. The first-order valence-corrected chi connectivity index (χ1v) is 5.75. The van der Waals surface area contributed by atoms with E-state index >= 15 is 0 Å². The van der Waals surface area contributed by atoms with Crippen LogP contribution in [-0.4, -0.2) is 20.9 Å². The van der Waals surface area contributed by atoms with Crippen LogP contribution in [0, 0.1) is 0 Å². The average Bonchev–Trinajstić information content (AvgIpc) is 2.48. The molecule has 19 heavy (non-hydrogen) atoms. The van der Waals surface area contributed by atoms with Gasteiger partial charge in [-0.1, -0.05) is 6.07 Å². The highest BCUT2D eigenvalue weighted by atomic mass is 16.1. The standard InChI is InChI=1S/C14H10N4O/c19-14(18-13-9-15-6-7-17-13)11-3-4-12-10(8-11)2-1-5-16-12/h1-9H,(H,17,18,19). The first kappa shape index (κ1) is 11.3. The third-order valence-electron chi connectivity index (χ3n) is 2.67. The first-order valence-electron chi connectivity index (χ1n) is 5.75. The molecule has 3 rings (SSSR count). The molecule has 5 nitrogen and oxygen atoms in total. The van der Waals surface area contributed by atoms with Gasteiger partial charge in [0.15, 0.2) is 5.82 Å². The number of fused-ring (bicyclic) bond motifs is 1. The Morgan fingerprint density at radius 3 is 2.84 bits per heavy atom. The molecular weight excluding hydrogens is 240 g/mol. The molecule has 0 saturated heterocycles. The number of pyridine rings is 1. The summed E-state index contributed by atoms with van der Waals surface area (Å²) >= 11 is 0. The number of hydrogen-bond donors (Lipinski definition) is 1. The van der Waals surface area contributed by atoms with Crippen molar-refractivity contribution in [2.75, 3.05) is 5.32 Å². The molecular formula is C14H10N4O. The van der Waals surface area contributed by atoms with Gasteiger partial charge in [-0.05, 0) is 24.3 Å². The lowest BCUT2D eigenvalue weighted by Gasteiger charge is -2.04. The predicted molar refractivity (Wildman–Crippen MR) is 71.7 cm³/mol. The molecule has 2 aromatic heterocycles. The minimum Gasteiger partial charge on any atom is -0.305 e. The molecule has 1 N–H and O–H groups in total. The number of nitrogens with zero attached hydrogens (tertiary/aromatic N) is 3. The van der Waals surface area contributed by atoms with E-state index in [1.165, 1.54) is 12.4 Å². The molecule has 0 unspecified atom stereocenters. The van der Waals surface area contributed by atoms with Crippen LogP contribution >= 0.6 is 0 Å². The summed E-state index contributed by atoms with van der Waals surface area (Å²) in [5, 5.41) is 3.62. The zero-order valence-electron chi connectivity index (χ0n) is 9.95. The summed E-state index contributed by atoms with van der Waals surface area (Å²) in [6, 6.07) is 9.12. The van der Waals surface area contributed by atoms with E-state index in [4.69, 9.17) is 0 Å². The Morgan fingerprint density at radius 2 is 2.00 bits per heavy atom. The number of carbonyl (C=O) groups excluding carboxylic acids is 1. The molecule has 1 aromatic carbocycles. The van der Waals surface area contributed by atoms with Crippen molar-refractivity contribution in [3.8, 4) is 0 Å². The average molecular weight is 250 g/mol. The van der Waals surface area contributed by atoms with Crippen molar-refractivity contribution in [1.29, 1.82) is 0 Å². The van der Waals surface area contributed by atoms with Gasteiger partial charge in [0.25, 0.3) is 5.91 Å². The minimum absolute atomic E-state index is 0.216. The Kier molecular flexibility index (Phi) is 2.86. The Bertz CT molecular complexity index is 728. The maximum atomic E-state index is 12.1. The maximum Gasteiger partial charge on any atom is 0.256 e. The molecule has 0 bridgehead atoms. The van der Waals surface area contributed by atoms with Crippen LogP contribution in [0.2, 0.25) is 0 Å². The summed E-state index contributed by atoms with van der Waals surface area (Å²) in [6.07, 6.45) is 6.30. The van der Waals surface area contributed by atoms with Gasteiger partial charge < -0.3 is 5.32 Å². The summed E-state index contributed by atoms with van der Waals surface area (Å²) in [4.78, 5) is 24.2. The van der Waals surface area contributed by atoms with Crippen LogP contribution in [0.3, 0.4) is 0 Å². The number of hydrogen-bond acceptors (Lipinski definition) is 4. The highest BCUT2D eigenvalue weighted by Crippen LogP contribution is 2.14. The fraction of sp³-hybridized carbons (Fsp3) is 0. The summed E-state index contributed by atoms with van der Waals surface area (Å²) < 4.78 is 0. The number of amides is 1. The van der Waals surface area contributed by atoms with Crippen LogP contribution in [0.1, 0.15) is 10.4 Å². The van der Waals surface area contributed by atoms with E-state index in [9.17, 15) is 4.79 Å². The molecule has 0 saturated carbocycles. The highest BCUT2D eigenvalue weighted by Gasteiger charge is 2.07. The third-order valence-corrected chi connectivity index (χ3v) is 2.67. The second-order valence-corrected chi connectivity index (χ2v) is 3.96. The second kappa shape index (κ2) is 4.81. The highest BCUT2D eigenvalue weighted by molar-refractivity contribution is 6.05. The van der Waals surface area contributed by atoms with Gasteiger partial charge in [-0.15, -0.1) is 0 Å². The van der Waals surface area contributed by atoms with Gasteiger partial charge in [0.1, 0.15) is 0 Å². The predicted octanol–water partition coefficient (Wildman–Crippen LogP) is 2.28. The summed E-state index contributed by atoms with van der Waals surface area (Å²) in [5.74, 6) is 0.213. The molecule has 0 spiro atoms. The molecule has 1 amide bonds. The lowest BCUT2D eigenvalue weighted by atomic mass is 10.1. The van der Waals surface area contributed by atoms with Gasteiger partial charge in [0.2, 0.25) is 0 Å². The molecule has 0 aliphatic carbocycles. The van der Waals surface area contributed by atoms with E-state index in [1.54, 1.807) is 24.5 Å². The second-order valence-electron chi connectivity index (χ2n) is 3.96. The van der Waals surface area contributed by atoms with Crippen molar-refractivity contribution >= 4 is 22.6 Å². The first-order chi connectivity index (χ1) is 9.33. The van der Waals surface area contributed by atoms with E-state index in [1.807, 2.05) is 18.2 Å². The van der Waals surface area contributed by atoms with Gasteiger partial charge in [0.05, 0.1) is 11.7 Å². The zero-order valence-corrected chi connectivity index (χ0v) is 9.95. The normalized spacial score (nSPS) is 10.3. The molecule has 92 valence electrons. The van der Waals surface area contributed by atoms with Gasteiger partial charge in [-0.3, -0.25) is 14.8 Å². The molecule has 5 heteroatoms. The smallest absolute Gasteiger partial charge is 0.256 e. The molecule has 2 heterocycles. The minimum atomic E-state index is -0.216. The Morgan fingerprint density at radius 1 is 1.05 bits per heavy atom. The number of carbonyl (C=O) groups is 1. The van der Waals surface area contributed by atoms with Crippen LogP contribution in [0.15, 0.2) is 55.1 Å². The van der Waals surface area contributed by atoms with E-state index in [0.717, 1.165) is 10.9 Å². The summed E-state index contributed by atoms with van der Waals surface area (Å²) in [6.45, 7) is 0. The van der Waals surface area contributed by atoms with E-state index in [2.05, 4.69) is 20.3 Å². The van der Waals surface area contributed by atoms with Crippen LogP contribution < -0.4 is 5.32 Å². The number of rotatable bonds is 2. The molecule has 0 atom stereocenters. The van der Waals surface area contributed by atoms with Crippen LogP contribution in [-0.2, 0) is 0 Å². The van der Waals surface area contributed by atoms with Gasteiger partial charge in [0, 0.05) is 29.5 Å². The lowest BCUT2D eigenvalue weighted by molar-refractivity contribution is 0.102. The van der Waals surface area contributed by atoms with Crippen molar-refractivity contribution in [2.45, 2.75) is 0 Å².